The lowest BCUT2D eigenvalue weighted by molar-refractivity contribution is 0.623. The third-order valence-corrected chi connectivity index (χ3v) is 4.05. The number of hydrogen-bond acceptors (Lipinski definition) is 4. The predicted octanol–water partition coefficient (Wildman–Crippen LogP) is 3.70. The Morgan fingerprint density at radius 2 is 1.85 bits per heavy atom. The van der Waals surface area contributed by atoms with Gasteiger partial charge in [-0.2, -0.15) is 5.26 Å². The van der Waals surface area contributed by atoms with Crippen molar-refractivity contribution in [1.82, 2.24) is 9.97 Å². The molecule has 0 aliphatic carbocycles. The van der Waals surface area contributed by atoms with E-state index in [-0.39, 0.29) is 5.56 Å². The highest BCUT2D eigenvalue weighted by atomic mass is 32.2. The number of rotatable bonds is 3. The van der Waals surface area contributed by atoms with Crippen molar-refractivity contribution in [1.29, 1.82) is 5.26 Å². The van der Waals surface area contributed by atoms with E-state index in [1.165, 1.54) is 17.8 Å². The van der Waals surface area contributed by atoms with Gasteiger partial charge in [0.15, 0.2) is 5.16 Å². The maximum atomic E-state index is 13.2. The van der Waals surface area contributed by atoms with Gasteiger partial charge in [0.1, 0.15) is 11.9 Å². The Bertz CT molecular complexity index is 669. The van der Waals surface area contributed by atoms with Crippen molar-refractivity contribution >= 4 is 11.8 Å². The van der Waals surface area contributed by atoms with Gasteiger partial charge in [-0.1, -0.05) is 17.8 Å². The minimum Gasteiger partial charge on any atom is -0.228 e. The molecule has 0 saturated heterocycles. The first kappa shape index (κ1) is 14.5. The van der Waals surface area contributed by atoms with Gasteiger partial charge in [-0.05, 0) is 44.0 Å². The second kappa shape index (κ2) is 6.02. The lowest BCUT2D eigenvalue weighted by Gasteiger charge is -2.07. The molecule has 20 heavy (non-hydrogen) atoms. The van der Waals surface area contributed by atoms with Crippen molar-refractivity contribution in [2.75, 3.05) is 0 Å². The van der Waals surface area contributed by atoms with Crippen LogP contribution in [0.5, 0.6) is 0 Å². The van der Waals surface area contributed by atoms with Gasteiger partial charge in [0.25, 0.3) is 0 Å². The number of nitriles is 1. The summed E-state index contributed by atoms with van der Waals surface area (Å²) in [5.74, 6) is 0.121. The number of thioether (sulfide) groups is 1. The molecule has 0 saturated carbocycles. The van der Waals surface area contributed by atoms with Crippen molar-refractivity contribution in [3.8, 4) is 6.07 Å². The molecule has 0 fully saturated rings. The topological polar surface area (TPSA) is 49.6 Å². The molecule has 0 spiro atoms. The molecular formula is C15H14FN3S. The third kappa shape index (κ3) is 3.14. The minimum atomic E-state index is -0.487. The zero-order valence-electron chi connectivity index (χ0n) is 11.6. The van der Waals surface area contributed by atoms with Gasteiger partial charge in [0, 0.05) is 17.1 Å². The molecule has 2 aromatic rings. The molecule has 0 N–H and O–H groups in total. The molecular weight excluding hydrogens is 273 g/mol. The van der Waals surface area contributed by atoms with Crippen LogP contribution >= 0.6 is 11.8 Å². The Hall–Kier alpha value is -1.93. The number of benzene rings is 1. The summed E-state index contributed by atoms with van der Waals surface area (Å²) in [4.78, 5) is 8.84. The van der Waals surface area contributed by atoms with E-state index in [0.29, 0.717) is 10.9 Å². The molecule has 5 heteroatoms. The molecule has 2 rings (SSSR count). The number of aryl methyl sites for hydroxylation is 2. The van der Waals surface area contributed by atoms with Crippen molar-refractivity contribution in [2.45, 2.75) is 31.7 Å². The fourth-order valence-corrected chi connectivity index (χ4v) is 2.58. The zero-order chi connectivity index (χ0) is 14.7. The van der Waals surface area contributed by atoms with Crippen LogP contribution in [0, 0.1) is 37.9 Å². The fourth-order valence-electron chi connectivity index (χ4n) is 1.70. The SMILES string of the molecule is Cc1nc(SCc2ccc(F)c(C#N)c2)nc(C)c1C. The summed E-state index contributed by atoms with van der Waals surface area (Å²) in [5.41, 5.74) is 3.99. The van der Waals surface area contributed by atoms with Gasteiger partial charge in [-0.15, -0.1) is 0 Å². The Morgan fingerprint density at radius 3 is 2.45 bits per heavy atom. The van der Waals surface area contributed by atoms with E-state index in [2.05, 4.69) is 9.97 Å². The third-order valence-electron chi connectivity index (χ3n) is 3.13. The highest BCUT2D eigenvalue weighted by molar-refractivity contribution is 7.98. The molecule has 1 heterocycles. The predicted molar refractivity (Wildman–Crippen MR) is 76.9 cm³/mol. The lowest BCUT2D eigenvalue weighted by Crippen LogP contribution is -1.98. The molecule has 0 unspecified atom stereocenters. The van der Waals surface area contributed by atoms with Crippen LogP contribution in [0.1, 0.15) is 28.1 Å². The van der Waals surface area contributed by atoms with E-state index < -0.39 is 5.82 Å². The van der Waals surface area contributed by atoms with Gasteiger partial charge in [-0.25, -0.2) is 14.4 Å². The van der Waals surface area contributed by atoms with Gasteiger partial charge in [-0.3, -0.25) is 0 Å². The second-order valence-corrected chi connectivity index (χ2v) is 5.46. The number of halogens is 1. The Morgan fingerprint density at radius 1 is 1.20 bits per heavy atom. The number of nitrogens with zero attached hydrogens (tertiary/aromatic N) is 3. The monoisotopic (exact) mass is 287 g/mol. The Balaban J connectivity index is 2.15. The molecule has 1 aromatic carbocycles. The first-order chi connectivity index (χ1) is 9.51. The molecule has 0 bridgehead atoms. The van der Waals surface area contributed by atoms with Gasteiger partial charge in [0.2, 0.25) is 0 Å². The van der Waals surface area contributed by atoms with Gasteiger partial charge in [0.05, 0.1) is 5.56 Å². The van der Waals surface area contributed by atoms with Crippen LogP contribution in [0.4, 0.5) is 4.39 Å². The van der Waals surface area contributed by atoms with Crippen LogP contribution in [0.3, 0.4) is 0 Å². The van der Waals surface area contributed by atoms with Crippen LogP contribution in [-0.4, -0.2) is 9.97 Å². The maximum Gasteiger partial charge on any atom is 0.188 e. The first-order valence-electron chi connectivity index (χ1n) is 6.14. The summed E-state index contributed by atoms with van der Waals surface area (Å²) in [7, 11) is 0. The number of aromatic nitrogens is 2. The van der Waals surface area contributed by atoms with Crippen LogP contribution in [0.2, 0.25) is 0 Å². The van der Waals surface area contributed by atoms with E-state index >= 15 is 0 Å². The smallest absolute Gasteiger partial charge is 0.188 e. The number of hydrogen-bond donors (Lipinski definition) is 0. The minimum absolute atomic E-state index is 0.0697. The average molecular weight is 287 g/mol. The molecule has 0 atom stereocenters. The summed E-state index contributed by atoms with van der Waals surface area (Å²) in [6.07, 6.45) is 0. The molecule has 0 aliphatic rings. The standard InChI is InChI=1S/C15H14FN3S/c1-9-10(2)18-15(19-11(9)3)20-8-12-4-5-14(16)13(6-12)7-17/h4-6H,8H2,1-3H3. The van der Waals surface area contributed by atoms with Gasteiger partial charge < -0.3 is 0 Å². The Labute approximate surface area is 121 Å². The molecule has 102 valence electrons. The zero-order valence-corrected chi connectivity index (χ0v) is 12.4. The highest BCUT2D eigenvalue weighted by Gasteiger charge is 2.07. The van der Waals surface area contributed by atoms with Crippen LogP contribution in [-0.2, 0) is 5.75 Å². The van der Waals surface area contributed by atoms with Crippen molar-refractivity contribution < 1.29 is 4.39 Å². The van der Waals surface area contributed by atoms with Gasteiger partial charge >= 0.3 is 0 Å². The normalized spacial score (nSPS) is 10.3. The summed E-state index contributed by atoms with van der Waals surface area (Å²) in [6, 6.07) is 6.41. The molecule has 0 aliphatic heterocycles. The van der Waals surface area contributed by atoms with Crippen LogP contribution < -0.4 is 0 Å². The van der Waals surface area contributed by atoms with Crippen molar-refractivity contribution in [3.05, 3.63) is 52.1 Å². The summed E-state index contributed by atoms with van der Waals surface area (Å²) in [6.45, 7) is 5.91. The van der Waals surface area contributed by atoms with E-state index in [1.807, 2.05) is 26.8 Å². The van der Waals surface area contributed by atoms with E-state index in [0.717, 1.165) is 22.5 Å². The largest absolute Gasteiger partial charge is 0.228 e. The highest BCUT2D eigenvalue weighted by Crippen LogP contribution is 2.22. The first-order valence-corrected chi connectivity index (χ1v) is 7.13. The average Bonchev–Trinajstić information content (AvgIpc) is 2.43. The molecule has 0 amide bonds. The summed E-state index contributed by atoms with van der Waals surface area (Å²) in [5, 5.41) is 9.51. The van der Waals surface area contributed by atoms with Crippen LogP contribution in [0.25, 0.3) is 0 Å². The van der Waals surface area contributed by atoms with Crippen LogP contribution in [0.15, 0.2) is 23.4 Å². The molecule has 1 aromatic heterocycles. The quantitative estimate of drug-likeness (QED) is 0.638. The van der Waals surface area contributed by atoms with E-state index in [4.69, 9.17) is 5.26 Å². The summed E-state index contributed by atoms with van der Waals surface area (Å²) >= 11 is 1.48. The van der Waals surface area contributed by atoms with E-state index in [1.54, 1.807) is 12.1 Å². The van der Waals surface area contributed by atoms with E-state index in [9.17, 15) is 4.39 Å². The van der Waals surface area contributed by atoms with Crippen molar-refractivity contribution in [3.63, 3.8) is 0 Å². The summed E-state index contributed by atoms with van der Waals surface area (Å²) < 4.78 is 13.2. The maximum absolute atomic E-state index is 13.2. The van der Waals surface area contributed by atoms with Crippen molar-refractivity contribution in [2.24, 2.45) is 0 Å². The molecule has 3 nitrogen and oxygen atoms in total. The second-order valence-electron chi connectivity index (χ2n) is 4.52. The lowest BCUT2D eigenvalue weighted by atomic mass is 10.1. The molecule has 0 radical (unpaired) electrons. The fraction of sp³-hybridized carbons (Fsp3) is 0.267. The Kier molecular flexibility index (Phi) is 4.35.